The Morgan fingerprint density at radius 3 is 2.25 bits per heavy atom. The van der Waals surface area contributed by atoms with Gasteiger partial charge < -0.3 is 15.4 Å². The highest BCUT2D eigenvalue weighted by molar-refractivity contribution is 14.0. The van der Waals surface area contributed by atoms with Crippen molar-refractivity contribution in [3.8, 4) is 0 Å². The van der Waals surface area contributed by atoms with Gasteiger partial charge in [-0.3, -0.25) is 14.1 Å². The maximum Gasteiger partial charge on any atom is 0.191 e. The summed E-state index contributed by atoms with van der Waals surface area (Å²) in [6, 6.07) is 0.447. The normalized spacial score (nSPS) is 18.5. The van der Waals surface area contributed by atoms with Crippen LogP contribution in [0.25, 0.3) is 0 Å². The summed E-state index contributed by atoms with van der Waals surface area (Å²) in [6.07, 6.45) is 2.34. The topological polar surface area (TPSA) is 66.0 Å². The summed E-state index contributed by atoms with van der Waals surface area (Å²) >= 11 is 0. The first kappa shape index (κ1) is 28.1. The third kappa shape index (κ3) is 10.2. The number of morpholine rings is 1. The lowest BCUT2D eigenvalue weighted by atomic mass is 9.92. The Bertz CT molecular complexity index is 462. The fourth-order valence-electron chi connectivity index (χ4n) is 3.40. The fourth-order valence-corrected chi connectivity index (χ4v) is 4.30. The molecule has 28 heavy (non-hydrogen) atoms. The molecule has 2 unspecified atom stereocenters. The number of hydrogen-bond acceptors (Lipinski definition) is 4. The van der Waals surface area contributed by atoms with Gasteiger partial charge in [0.15, 0.2) is 5.96 Å². The second-order valence-corrected chi connectivity index (χ2v) is 10.4. The zero-order valence-electron chi connectivity index (χ0n) is 18.8. The number of guanidine groups is 1. The molecule has 1 aliphatic rings. The van der Waals surface area contributed by atoms with E-state index in [9.17, 15) is 4.21 Å². The molecule has 0 aliphatic carbocycles. The minimum absolute atomic E-state index is 0. The van der Waals surface area contributed by atoms with Gasteiger partial charge in [-0.2, -0.15) is 0 Å². The minimum Gasteiger partial charge on any atom is -0.379 e. The van der Waals surface area contributed by atoms with E-state index in [1.54, 1.807) is 0 Å². The monoisotopic (exact) mass is 530 g/mol. The average Bonchev–Trinajstić information content (AvgIpc) is 2.64. The molecule has 168 valence electrons. The number of rotatable bonds is 10. The van der Waals surface area contributed by atoms with Crippen LogP contribution in [0.1, 0.15) is 54.4 Å². The molecule has 6 nitrogen and oxygen atoms in total. The van der Waals surface area contributed by atoms with Gasteiger partial charge in [0.1, 0.15) is 0 Å². The maximum atomic E-state index is 12.2. The Hall–Kier alpha value is 0.0700. The fraction of sp³-hybridized carbons (Fsp3) is 0.950. The quantitative estimate of drug-likeness (QED) is 0.259. The van der Waals surface area contributed by atoms with Crippen LogP contribution in [0.4, 0.5) is 0 Å². The standard InChI is InChI=1S/C20H42N4O2S.HI/c1-7-17(8-2)18(24-11-13-26-14-12-24)16-23-19(21-9-3)22-10-15-27(25)20(4,5)6;/h17-18H,7-16H2,1-6H3,(H2,21,22,23);1H. The predicted octanol–water partition coefficient (Wildman–Crippen LogP) is 2.84. The van der Waals surface area contributed by atoms with E-state index in [0.29, 0.717) is 24.3 Å². The van der Waals surface area contributed by atoms with Crippen molar-refractivity contribution in [3.63, 3.8) is 0 Å². The van der Waals surface area contributed by atoms with Crippen LogP contribution in [0.3, 0.4) is 0 Å². The molecule has 0 aromatic carbocycles. The van der Waals surface area contributed by atoms with E-state index in [2.05, 4.69) is 36.3 Å². The maximum absolute atomic E-state index is 12.2. The van der Waals surface area contributed by atoms with Crippen LogP contribution in [0.2, 0.25) is 0 Å². The summed E-state index contributed by atoms with van der Waals surface area (Å²) in [6.45, 7) is 18.6. The van der Waals surface area contributed by atoms with Crippen molar-refractivity contribution < 1.29 is 8.95 Å². The molecule has 0 aromatic rings. The molecular formula is C20H43IN4O2S. The van der Waals surface area contributed by atoms with Gasteiger partial charge >= 0.3 is 0 Å². The van der Waals surface area contributed by atoms with Gasteiger partial charge in [-0.05, 0) is 33.6 Å². The van der Waals surface area contributed by atoms with Crippen LogP contribution < -0.4 is 10.6 Å². The van der Waals surface area contributed by atoms with Crippen LogP contribution in [0.15, 0.2) is 4.99 Å². The molecule has 1 aliphatic heterocycles. The summed E-state index contributed by atoms with van der Waals surface area (Å²) in [5.41, 5.74) is 0. The van der Waals surface area contributed by atoms with Crippen molar-refractivity contribution in [1.29, 1.82) is 0 Å². The lowest BCUT2D eigenvalue weighted by Crippen LogP contribution is -2.49. The Morgan fingerprint density at radius 1 is 1.14 bits per heavy atom. The van der Waals surface area contributed by atoms with E-state index in [1.807, 2.05) is 20.8 Å². The zero-order valence-corrected chi connectivity index (χ0v) is 21.9. The number of ether oxygens (including phenoxy) is 1. The van der Waals surface area contributed by atoms with E-state index in [0.717, 1.165) is 45.4 Å². The van der Waals surface area contributed by atoms with Crippen LogP contribution in [-0.2, 0) is 15.5 Å². The first-order valence-corrected chi connectivity index (χ1v) is 11.9. The highest BCUT2D eigenvalue weighted by atomic mass is 127. The molecule has 1 fully saturated rings. The second-order valence-electron chi connectivity index (χ2n) is 8.10. The number of aliphatic imine (C=N–C) groups is 1. The molecule has 1 rings (SSSR count). The molecule has 1 saturated heterocycles. The van der Waals surface area contributed by atoms with Crippen molar-refractivity contribution in [2.45, 2.75) is 65.2 Å². The molecule has 2 N–H and O–H groups in total. The summed E-state index contributed by atoms with van der Waals surface area (Å²) < 4.78 is 17.6. The Balaban J connectivity index is 0.00000729. The number of nitrogens with zero attached hydrogens (tertiary/aromatic N) is 2. The smallest absolute Gasteiger partial charge is 0.191 e. The summed E-state index contributed by atoms with van der Waals surface area (Å²) in [5, 5.41) is 6.68. The second kappa shape index (κ2) is 15.0. The molecule has 2 atom stereocenters. The van der Waals surface area contributed by atoms with Gasteiger partial charge in [0.2, 0.25) is 0 Å². The van der Waals surface area contributed by atoms with Crippen molar-refractivity contribution >= 4 is 40.7 Å². The minimum atomic E-state index is -0.852. The Labute approximate surface area is 192 Å². The number of halogens is 1. The Kier molecular flexibility index (Phi) is 15.0. The van der Waals surface area contributed by atoms with E-state index >= 15 is 0 Å². The van der Waals surface area contributed by atoms with Crippen LogP contribution in [0.5, 0.6) is 0 Å². The van der Waals surface area contributed by atoms with Crippen LogP contribution in [0, 0.1) is 5.92 Å². The Morgan fingerprint density at radius 2 is 1.75 bits per heavy atom. The molecule has 0 radical (unpaired) electrons. The highest BCUT2D eigenvalue weighted by Crippen LogP contribution is 2.20. The first-order chi connectivity index (χ1) is 12.8. The molecule has 1 heterocycles. The van der Waals surface area contributed by atoms with Crippen molar-refractivity contribution in [2.75, 3.05) is 51.7 Å². The summed E-state index contributed by atoms with van der Waals surface area (Å²) in [7, 11) is -0.852. The van der Waals surface area contributed by atoms with E-state index in [-0.39, 0.29) is 28.7 Å². The van der Waals surface area contributed by atoms with Gasteiger partial charge in [0.25, 0.3) is 0 Å². The predicted molar refractivity (Wildman–Crippen MR) is 132 cm³/mol. The first-order valence-electron chi connectivity index (χ1n) is 10.6. The third-order valence-corrected chi connectivity index (χ3v) is 7.09. The molecule has 0 spiro atoms. The van der Waals surface area contributed by atoms with Crippen molar-refractivity contribution in [3.05, 3.63) is 0 Å². The molecule has 0 saturated carbocycles. The van der Waals surface area contributed by atoms with E-state index in [1.165, 1.54) is 12.8 Å². The molecule has 0 amide bonds. The van der Waals surface area contributed by atoms with Gasteiger partial charge in [-0.1, -0.05) is 26.7 Å². The summed E-state index contributed by atoms with van der Waals surface area (Å²) in [4.78, 5) is 7.42. The molecular weight excluding hydrogens is 487 g/mol. The molecule has 0 aromatic heterocycles. The molecule has 0 bridgehead atoms. The van der Waals surface area contributed by atoms with E-state index < -0.39 is 10.8 Å². The average molecular weight is 531 g/mol. The highest BCUT2D eigenvalue weighted by Gasteiger charge is 2.26. The van der Waals surface area contributed by atoms with Gasteiger partial charge in [-0.25, -0.2) is 0 Å². The van der Waals surface area contributed by atoms with Gasteiger partial charge in [-0.15, -0.1) is 24.0 Å². The van der Waals surface area contributed by atoms with Crippen LogP contribution in [-0.4, -0.2) is 77.5 Å². The molecule has 8 heteroatoms. The zero-order chi connectivity index (χ0) is 20.3. The largest absolute Gasteiger partial charge is 0.379 e. The summed E-state index contributed by atoms with van der Waals surface area (Å²) in [5.74, 6) is 2.10. The van der Waals surface area contributed by atoms with Crippen molar-refractivity contribution in [1.82, 2.24) is 15.5 Å². The van der Waals surface area contributed by atoms with Gasteiger partial charge in [0.05, 0.1) is 19.8 Å². The van der Waals surface area contributed by atoms with E-state index in [4.69, 9.17) is 9.73 Å². The van der Waals surface area contributed by atoms with Crippen LogP contribution >= 0.6 is 24.0 Å². The van der Waals surface area contributed by atoms with Gasteiger partial charge in [0, 0.05) is 53.5 Å². The lowest BCUT2D eigenvalue weighted by molar-refractivity contribution is 0.00395. The lowest BCUT2D eigenvalue weighted by Gasteiger charge is -2.38. The number of nitrogens with one attached hydrogen (secondary N) is 2. The SMILES string of the molecule is CCNC(=NCC(C(CC)CC)N1CCOCC1)NCCS(=O)C(C)(C)C.I. The number of hydrogen-bond donors (Lipinski definition) is 2. The van der Waals surface area contributed by atoms with Crippen molar-refractivity contribution in [2.24, 2.45) is 10.9 Å². The third-order valence-electron chi connectivity index (χ3n) is 5.15.